The highest BCUT2D eigenvalue weighted by Gasteiger charge is 2.31. The van der Waals surface area contributed by atoms with E-state index >= 15 is 0 Å². The van der Waals surface area contributed by atoms with Crippen LogP contribution in [0.3, 0.4) is 0 Å². The molecule has 1 aromatic carbocycles. The molecule has 0 bridgehead atoms. The van der Waals surface area contributed by atoms with Gasteiger partial charge in [-0.1, -0.05) is 0 Å². The van der Waals surface area contributed by atoms with E-state index in [-0.39, 0.29) is 4.90 Å². The summed E-state index contributed by atoms with van der Waals surface area (Å²) in [6.45, 7) is 2.20. The number of anilines is 1. The lowest BCUT2D eigenvalue weighted by Gasteiger charge is -2.30. The fourth-order valence-electron chi connectivity index (χ4n) is 2.87. The predicted molar refractivity (Wildman–Crippen MR) is 83.8 cm³/mol. The van der Waals surface area contributed by atoms with Crippen LogP contribution in [0.4, 0.5) is 5.69 Å². The number of ether oxygens (including phenoxy) is 1. The largest absolute Gasteiger partial charge is 0.497 e. The monoisotopic (exact) mass is 321 g/mol. The first-order chi connectivity index (χ1) is 10.4. The van der Waals surface area contributed by atoms with Crippen molar-refractivity contribution >= 4 is 15.7 Å². The maximum Gasteiger partial charge on any atom is 0.267 e. The molecule has 0 unspecified atom stereocenters. The molecular formula is C15H19N3O3S. The molecule has 0 spiro atoms. The van der Waals surface area contributed by atoms with Gasteiger partial charge < -0.3 is 4.74 Å². The molecule has 0 saturated carbocycles. The third-order valence-corrected chi connectivity index (χ3v) is 5.82. The lowest BCUT2D eigenvalue weighted by atomic mass is 10.0. The highest BCUT2D eigenvalue weighted by Crippen LogP contribution is 2.34. The second-order valence-corrected chi connectivity index (χ2v) is 7.26. The van der Waals surface area contributed by atoms with Crippen LogP contribution in [0.1, 0.15) is 17.7 Å². The Balaban J connectivity index is 2.09. The number of methoxy groups -OCH3 is 1. The molecule has 0 atom stereocenters. The molecule has 0 aliphatic carbocycles. The lowest BCUT2D eigenvalue weighted by Crippen LogP contribution is -2.35. The van der Waals surface area contributed by atoms with E-state index in [0.29, 0.717) is 12.2 Å². The van der Waals surface area contributed by atoms with Crippen LogP contribution in [0.15, 0.2) is 29.3 Å². The van der Waals surface area contributed by atoms with Crippen molar-refractivity contribution in [2.75, 3.05) is 18.0 Å². The summed E-state index contributed by atoms with van der Waals surface area (Å²) in [6.07, 6.45) is 3.20. The predicted octanol–water partition coefficient (Wildman–Crippen LogP) is 1.88. The van der Waals surface area contributed by atoms with Gasteiger partial charge >= 0.3 is 0 Å². The quantitative estimate of drug-likeness (QED) is 0.866. The lowest BCUT2D eigenvalue weighted by molar-refractivity contribution is 0.414. The minimum Gasteiger partial charge on any atom is -0.497 e. The molecule has 0 amide bonds. The molecule has 22 heavy (non-hydrogen) atoms. The van der Waals surface area contributed by atoms with E-state index in [1.807, 2.05) is 12.1 Å². The zero-order valence-electron chi connectivity index (χ0n) is 12.9. The Hall–Kier alpha value is -2.02. The second kappa shape index (κ2) is 5.31. The van der Waals surface area contributed by atoms with Crippen LogP contribution >= 0.6 is 0 Å². The highest BCUT2D eigenvalue weighted by molar-refractivity contribution is 7.92. The molecule has 1 aromatic heterocycles. The minimum atomic E-state index is -3.60. The number of rotatable bonds is 3. The molecule has 0 radical (unpaired) electrons. The Labute approximate surface area is 130 Å². The molecule has 0 saturated heterocycles. The Morgan fingerprint density at radius 3 is 2.73 bits per heavy atom. The second-order valence-electron chi connectivity index (χ2n) is 5.43. The Bertz CT molecular complexity index is 811. The van der Waals surface area contributed by atoms with E-state index in [0.717, 1.165) is 29.8 Å². The first-order valence-electron chi connectivity index (χ1n) is 7.13. The summed E-state index contributed by atoms with van der Waals surface area (Å²) >= 11 is 0. The van der Waals surface area contributed by atoms with Crippen LogP contribution in [-0.4, -0.2) is 31.9 Å². The van der Waals surface area contributed by atoms with Gasteiger partial charge in [0, 0.05) is 19.8 Å². The van der Waals surface area contributed by atoms with E-state index in [9.17, 15) is 8.42 Å². The number of nitrogens with zero attached hydrogens (tertiary/aromatic N) is 3. The van der Waals surface area contributed by atoms with Crippen molar-refractivity contribution in [3.8, 4) is 5.75 Å². The summed E-state index contributed by atoms with van der Waals surface area (Å²) in [5, 5.41) is 4.15. The van der Waals surface area contributed by atoms with Crippen molar-refractivity contribution in [1.29, 1.82) is 0 Å². The maximum atomic E-state index is 13.0. The summed E-state index contributed by atoms with van der Waals surface area (Å²) in [7, 11) is -0.263. The summed E-state index contributed by atoms with van der Waals surface area (Å²) in [5.74, 6) is 0.746. The summed E-state index contributed by atoms with van der Waals surface area (Å²) in [6, 6.07) is 5.52. The van der Waals surface area contributed by atoms with Gasteiger partial charge in [-0.05, 0) is 43.5 Å². The van der Waals surface area contributed by atoms with Crippen molar-refractivity contribution in [3.63, 3.8) is 0 Å². The van der Waals surface area contributed by atoms with Crippen molar-refractivity contribution in [2.45, 2.75) is 24.7 Å². The molecule has 0 N–H and O–H groups in total. The smallest absolute Gasteiger partial charge is 0.267 e. The molecule has 6 nitrogen and oxygen atoms in total. The highest BCUT2D eigenvalue weighted by atomic mass is 32.2. The van der Waals surface area contributed by atoms with Gasteiger partial charge in [-0.2, -0.15) is 5.10 Å². The van der Waals surface area contributed by atoms with E-state index in [1.165, 1.54) is 8.99 Å². The molecule has 118 valence electrons. The van der Waals surface area contributed by atoms with Crippen LogP contribution in [-0.2, 0) is 23.5 Å². The van der Waals surface area contributed by atoms with Crippen molar-refractivity contribution in [2.24, 2.45) is 7.05 Å². The third-order valence-electron chi connectivity index (χ3n) is 3.90. The van der Waals surface area contributed by atoms with Gasteiger partial charge in [0.15, 0.2) is 0 Å². The Kier molecular flexibility index (Phi) is 3.60. The molecule has 3 rings (SSSR count). The van der Waals surface area contributed by atoms with Crippen molar-refractivity contribution in [1.82, 2.24) is 9.78 Å². The van der Waals surface area contributed by atoms with Gasteiger partial charge in [-0.25, -0.2) is 8.42 Å². The first kappa shape index (κ1) is 14.9. The van der Waals surface area contributed by atoms with Gasteiger partial charge in [0.1, 0.15) is 10.6 Å². The molecule has 1 aliphatic heterocycles. The maximum absolute atomic E-state index is 13.0. The molecule has 0 fully saturated rings. The zero-order chi connectivity index (χ0) is 15.9. The van der Waals surface area contributed by atoms with Crippen molar-refractivity contribution < 1.29 is 13.2 Å². The molecule has 2 aromatic rings. The summed E-state index contributed by atoms with van der Waals surface area (Å²) in [4.78, 5) is 0.263. The fraction of sp³-hybridized carbons (Fsp3) is 0.400. The van der Waals surface area contributed by atoms with Crippen LogP contribution < -0.4 is 9.04 Å². The van der Waals surface area contributed by atoms with Crippen molar-refractivity contribution in [3.05, 3.63) is 35.7 Å². The fourth-order valence-corrected chi connectivity index (χ4v) is 4.61. The summed E-state index contributed by atoms with van der Waals surface area (Å²) in [5.41, 5.74) is 2.24. The standard InChI is InChI=1S/C15H19N3O3S/c1-11-15(10-17(2)16-11)22(19,20)18-8-4-5-12-9-13(21-3)6-7-14(12)18/h6-7,9-10H,4-5,8H2,1-3H3. The van der Waals surface area contributed by atoms with Crippen LogP contribution in [0.2, 0.25) is 0 Å². The first-order valence-corrected chi connectivity index (χ1v) is 8.57. The Morgan fingerprint density at radius 1 is 1.32 bits per heavy atom. The normalized spacial score (nSPS) is 14.8. The van der Waals surface area contributed by atoms with Crippen LogP contribution in [0.25, 0.3) is 0 Å². The zero-order valence-corrected chi connectivity index (χ0v) is 13.7. The average molecular weight is 321 g/mol. The van der Waals surface area contributed by atoms with Gasteiger partial charge in [-0.15, -0.1) is 0 Å². The van der Waals surface area contributed by atoms with E-state index < -0.39 is 10.0 Å². The molecule has 2 heterocycles. The SMILES string of the molecule is COc1ccc2c(c1)CCCN2S(=O)(=O)c1cn(C)nc1C. The average Bonchev–Trinajstić information content (AvgIpc) is 2.85. The number of benzene rings is 1. The van der Waals surface area contributed by atoms with E-state index in [4.69, 9.17) is 4.74 Å². The number of aromatic nitrogens is 2. The minimum absolute atomic E-state index is 0.263. The van der Waals surface area contributed by atoms with Gasteiger partial charge in [-0.3, -0.25) is 8.99 Å². The van der Waals surface area contributed by atoms with Gasteiger partial charge in [0.05, 0.1) is 18.5 Å². The topological polar surface area (TPSA) is 64.4 Å². The summed E-state index contributed by atoms with van der Waals surface area (Å²) < 4.78 is 34.2. The number of sulfonamides is 1. The Morgan fingerprint density at radius 2 is 2.09 bits per heavy atom. The van der Waals surface area contributed by atoms with Gasteiger partial charge in [0.2, 0.25) is 0 Å². The van der Waals surface area contributed by atoms with E-state index in [1.54, 1.807) is 33.3 Å². The van der Waals surface area contributed by atoms with Gasteiger partial charge in [0.25, 0.3) is 10.0 Å². The van der Waals surface area contributed by atoms with Crippen LogP contribution in [0, 0.1) is 6.92 Å². The third kappa shape index (κ3) is 2.35. The molecule has 1 aliphatic rings. The number of aryl methyl sites for hydroxylation is 3. The number of fused-ring (bicyclic) bond motifs is 1. The van der Waals surface area contributed by atoms with E-state index in [2.05, 4.69) is 5.10 Å². The number of hydrogen-bond acceptors (Lipinski definition) is 4. The van der Waals surface area contributed by atoms with Crippen LogP contribution in [0.5, 0.6) is 5.75 Å². The molecule has 7 heteroatoms. The number of hydrogen-bond donors (Lipinski definition) is 0. The molecular weight excluding hydrogens is 302 g/mol.